The molecule has 2 aliphatic rings. The van der Waals surface area contributed by atoms with Gasteiger partial charge in [0.1, 0.15) is 6.17 Å². The molecular formula is C18H25BrClN3OS. The van der Waals surface area contributed by atoms with E-state index in [4.69, 9.17) is 4.99 Å². The maximum absolute atomic E-state index is 12.3. The third-order valence-electron chi connectivity index (χ3n) is 4.72. The Kier molecular flexibility index (Phi) is 7.65. The van der Waals surface area contributed by atoms with Gasteiger partial charge >= 0.3 is 0 Å². The summed E-state index contributed by atoms with van der Waals surface area (Å²) >= 11 is 5.22. The van der Waals surface area contributed by atoms with Crippen molar-refractivity contribution in [2.45, 2.75) is 51.2 Å². The monoisotopic (exact) mass is 445 g/mol. The first-order valence-electron chi connectivity index (χ1n) is 8.55. The first-order chi connectivity index (χ1) is 11.6. The van der Waals surface area contributed by atoms with Gasteiger partial charge in [0.25, 0.3) is 0 Å². The fraction of sp³-hybridized carbons (Fsp3) is 0.556. The predicted molar refractivity (Wildman–Crippen MR) is 113 cm³/mol. The number of benzene rings is 1. The summed E-state index contributed by atoms with van der Waals surface area (Å²) in [5.74, 6) is 0.922. The van der Waals surface area contributed by atoms with Crippen molar-refractivity contribution in [1.29, 1.82) is 0 Å². The number of amides is 1. The molecule has 0 bridgehead atoms. The van der Waals surface area contributed by atoms with Crippen LogP contribution < -0.4 is 4.90 Å². The fourth-order valence-corrected chi connectivity index (χ4v) is 4.88. The molecule has 1 amide bonds. The average Bonchev–Trinajstić information content (AvgIpc) is 2.91. The standard InChI is InChI=1S/C18H24BrN3OS.ClH/c1-13(23)22(16-10-8-14(19)9-11-16)17-12-24-18(21(17)2)20-15-6-4-3-5-7-15;/h8-11,15,17H,3-7,12H2,1-2H3;1H. The van der Waals surface area contributed by atoms with E-state index in [0.29, 0.717) is 6.04 Å². The Hall–Kier alpha value is -0.720. The minimum Gasteiger partial charge on any atom is -0.333 e. The topological polar surface area (TPSA) is 35.9 Å². The zero-order chi connectivity index (χ0) is 17.1. The summed E-state index contributed by atoms with van der Waals surface area (Å²) in [6.07, 6.45) is 6.35. The van der Waals surface area contributed by atoms with E-state index in [9.17, 15) is 4.79 Å². The minimum atomic E-state index is 0. The van der Waals surface area contributed by atoms with Gasteiger partial charge in [0.05, 0.1) is 6.04 Å². The van der Waals surface area contributed by atoms with Crippen LogP contribution in [0.2, 0.25) is 0 Å². The summed E-state index contributed by atoms with van der Waals surface area (Å²) in [7, 11) is 2.06. The van der Waals surface area contributed by atoms with Crippen LogP contribution in [0, 0.1) is 0 Å². The smallest absolute Gasteiger partial charge is 0.225 e. The van der Waals surface area contributed by atoms with Gasteiger partial charge in [0.15, 0.2) is 5.17 Å². The van der Waals surface area contributed by atoms with Gasteiger partial charge in [0, 0.05) is 29.9 Å². The Bertz CT molecular complexity index is 619. The second-order valence-corrected chi connectivity index (χ2v) is 8.37. The molecule has 7 heteroatoms. The van der Waals surface area contributed by atoms with Crippen LogP contribution in [0.25, 0.3) is 0 Å². The van der Waals surface area contributed by atoms with Crippen LogP contribution in [-0.4, -0.2) is 41.0 Å². The largest absolute Gasteiger partial charge is 0.333 e. The van der Waals surface area contributed by atoms with Gasteiger partial charge in [0.2, 0.25) is 5.91 Å². The zero-order valence-corrected chi connectivity index (χ0v) is 17.9. The van der Waals surface area contributed by atoms with Crippen LogP contribution in [0.5, 0.6) is 0 Å². The average molecular weight is 447 g/mol. The number of thioether (sulfide) groups is 1. The molecule has 1 aromatic rings. The van der Waals surface area contributed by atoms with Crippen LogP contribution in [0.1, 0.15) is 39.0 Å². The Morgan fingerprint density at radius 2 is 1.88 bits per heavy atom. The summed E-state index contributed by atoms with van der Waals surface area (Å²) in [4.78, 5) is 21.3. The number of nitrogens with zero attached hydrogens (tertiary/aromatic N) is 3. The van der Waals surface area contributed by atoms with Crippen molar-refractivity contribution in [1.82, 2.24) is 4.90 Å². The van der Waals surface area contributed by atoms with E-state index in [2.05, 4.69) is 27.9 Å². The molecule has 1 heterocycles. The normalized spacial score (nSPS) is 22.8. The molecule has 1 aromatic carbocycles. The number of aliphatic imine (C=N–C) groups is 1. The molecule has 3 rings (SSSR count). The molecule has 1 unspecified atom stereocenters. The lowest BCUT2D eigenvalue weighted by Crippen LogP contribution is -2.48. The molecule has 1 aliphatic heterocycles. The van der Waals surface area contributed by atoms with Crippen molar-refractivity contribution in [3.05, 3.63) is 28.7 Å². The lowest BCUT2D eigenvalue weighted by atomic mass is 9.96. The Morgan fingerprint density at radius 3 is 2.48 bits per heavy atom. The van der Waals surface area contributed by atoms with Crippen LogP contribution in [0.3, 0.4) is 0 Å². The van der Waals surface area contributed by atoms with Crippen molar-refractivity contribution < 1.29 is 4.79 Å². The minimum absolute atomic E-state index is 0. The van der Waals surface area contributed by atoms with Gasteiger partial charge in [-0.15, -0.1) is 12.4 Å². The highest BCUT2D eigenvalue weighted by atomic mass is 79.9. The molecule has 25 heavy (non-hydrogen) atoms. The number of halogens is 2. The molecule has 1 atom stereocenters. The van der Waals surface area contributed by atoms with Crippen molar-refractivity contribution in [3.63, 3.8) is 0 Å². The third-order valence-corrected chi connectivity index (χ3v) is 6.37. The number of anilines is 1. The predicted octanol–water partition coefficient (Wildman–Crippen LogP) is 4.92. The maximum atomic E-state index is 12.3. The molecule has 0 radical (unpaired) electrons. The summed E-state index contributed by atoms with van der Waals surface area (Å²) in [5.41, 5.74) is 0.932. The molecule has 0 N–H and O–H groups in total. The quantitative estimate of drug-likeness (QED) is 0.661. The van der Waals surface area contributed by atoms with Crippen molar-refractivity contribution in [3.8, 4) is 0 Å². The molecule has 0 aromatic heterocycles. The van der Waals surface area contributed by atoms with E-state index < -0.39 is 0 Å². The number of carbonyl (C=O) groups is 1. The van der Waals surface area contributed by atoms with Gasteiger partial charge < -0.3 is 4.90 Å². The highest BCUT2D eigenvalue weighted by Crippen LogP contribution is 2.31. The van der Waals surface area contributed by atoms with Gasteiger partial charge in [-0.1, -0.05) is 47.0 Å². The number of rotatable bonds is 3. The Labute approximate surface area is 169 Å². The molecule has 1 aliphatic carbocycles. The summed E-state index contributed by atoms with van der Waals surface area (Å²) in [6, 6.07) is 8.39. The SMILES string of the molecule is CC(=O)N(c1ccc(Br)cc1)C1CSC(=NC2CCCCC2)N1C.Cl. The van der Waals surface area contributed by atoms with Crippen molar-refractivity contribution >= 4 is 56.9 Å². The second kappa shape index (κ2) is 9.28. The summed E-state index contributed by atoms with van der Waals surface area (Å²) in [6.45, 7) is 1.64. The molecule has 1 saturated carbocycles. The first kappa shape index (κ1) is 20.6. The molecule has 0 spiro atoms. The van der Waals surface area contributed by atoms with Gasteiger partial charge in [-0.25, -0.2) is 0 Å². The van der Waals surface area contributed by atoms with Crippen LogP contribution >= 0.6 is 40.1 Å². The third kappa shape index (κ3) is 4.92. The Morgan fingerprint density at radius 1 is 1.24 bits per heavy atom. The molecule has 1 saturated heterocycles. The van der Waals surface area contributed by atoms with Crippen LogP contribution in [0.15, 0.2) is 33.7 Å². The van der Waals surface area contributed by atoms with E-state index in [1.165, 1.54) is 32.1 Å². The maximum Gasteiger partial charge on any atom is 0.225 e. The van der Waals surface area contributed by atoms with Gasteiger partial charge in [-0.05, 0) is 37.1 Å². The second-order valence-electron chi connectivity index (χ2n) is 6.47. The fourth-order valence-electron chi connectivity index (χ4n) is 3.40. The number of amidine groups is 1. The van der Waals surface area contributed by atoms with Gasteiger partial charge in [-0.3, -0.25) is 14.7 Å². The number of hydrogen-bond donors (Lipinski definition) is 0. The summed E-state index contributed by atoms with van der Waals surface area (Å²) < 4.78 is 1.02. The van der Waals surface area contributed by atoms with Crippen molar-refractivity contribution in [2.24, 2.45) is 4.99 Å². The molecular weight excluding hydrogens is 422 g/mol. The highest BCUT2D eigenvalue weighted by Gasteiger charge is 2.34. The summed E-state index contributed by atoms with van der Waals surface area (Å²) in [5, 5.41) is 1.08. The number of hydrogen-bond acceptors (Lipinski definition) is 3. The van der Waals surface area contributed by atoms with E-state index in [1.807, 2.05) is 29.2 Å². The van der Waals surface area contributed by atoms with Crippen LogP contribution in [0.4, 0.5) is 5.69 Å². The van der Waals surface area contributed by atoms with Crippen molar-refractivity contribution in [2.75, 3.05) is 17.7 Å². The lowest BCUT2D eigenvalue weighted by molar-refractivity contribution is -0.117. The number of carbonyl (C=O) groups excluding carboxylic acids is 1. The van der Waals surface area contributed by atoms with Crippen LogP contribution in [-0.2, 0) is 4.79 Å². The van der Waals surface area contributed by atoms with Gasteiger partial charge in [-0.2, -0.15) is 0 Å². The van der Waals surface area contributed by atoms with E-state index in [1.54, 1.807) is 18.7 Å². The van der Waals surface area contributed by atoms with E-state index in [-0.39, 0.29) is 24.5 Å². The Balaban J connectivity index is 0.00000225. The lowest BCUT2D eigenvalue weighted by Gasteiger charge is -2.33. The zero-order valence-electron chi connectivity index (χ0n) is 14.7. The first-order valence-corrected chi connectivity index (χ1v) is 10.3. The molecule has 138 valence electrons. The highest BCUT2D eigenvalue weighted by molar-refractivity contribution is 9.10. The van der Waals surface area contributed by atoms with E-state index in [0.717, 1.165) is 21.1 Å². The molecule has 2 fully saturated rings. The molecule has 4 nitrogen and oxygen atoms in total. The van der Waals surface area contributed by atoms with E-state index >= 15 is 0 Å².